The average Bonchev–Trinajstić information content (AvgIpc) is 2.17. The first-order valence-electron chi connectivity index (χ1n) is 5.87. The van der Waals surface area contributed by atoms with E-state index in [4.69, 9.17) is 5.84 Å². The predicted octanol–water partition coefficient (Wildman–Crippen LogP) is 3.24. The molecular formula is C14H24N2. The molecule has 1 aromatic rings. The molecule has 1 aromatic carbocycles. The Morgan fingerprint density at radius 1 is 1.25 bits per heavy atom. The predicted molar refractivity (Wildman–Crippen MR) is 70.1 cm³/mol. The molecule has 0 saturated carbocycles. The highest BCUT2D eigenvalue weighted by Gasteiger charge is 2.20. The molecule has 1 atom stereocenters. The summed E-state index contributed by atoms with van der Waals surface area (Å²) in [6.07, 6.45) is 1.04. The first-order chi connectivity index (χ1) is 7.33. The van der Waals surface area contributed by atoms with Gasteiger partial charge in [0.1, 0.15) is 0 Å². The summed E-state index contributed by atoms with van der Waals surface area (Å²) in [7, 11) is 0. The number of hydrazine groups is 1. The third-order valence-electron chi connectivity index (χ3n) is 2.83. The minimum Gasteiger partial charge on any atom is -0.271 e. The van der Waals surface area contributed by atoms with Gasteiger partial charge in [-0.1, -0.05) is 44.5 Å². The molecule has 0 aromatic heterocycles. The Bertz CT molecular complexity index is 350. The molecule has 0 saturated heterocycles. The molecule has 3 N–H and O–H groups in total. The largest absolute Gasteiger partial charge is 0.271 e. The Balaban J connectivity index is 2.99. The quantitative estimate of drug-likeness (QED) is 0.606. The smallest absolute Gasteiger partial charge is 0.0467 e. The maximum absolute atomic E-state index is 5.68. The van der Waals surface area contributed by atoms with E-state index >= 15 is 0 Å². The van der Waals surface area contributed by atoms with Crippen LogP contribution in [0, 0.1) is 19.3 Å². The molecule has 2 heteroatoms. The van der Waals surface area contributed by atoms with Crippen LogP contribution in [-0.2, 0) is 0 Å². The van der Waals surface area contributed by atoms with Crippen molar-refractivity contribution >= 4 is 0 Å². The van der Waals surface area contributed by atoms with E-state index in [2.05, 4.69) is 58.2 Å². The van der Waals surface area contributed by atoms with Crippen molar-refractivity contribution in [3.8, 4) is 0 Å². The average molecular weight is 220 g/mol. The van der Waals surface area contributed by atoms with E-state index in [0.717, 1.165) is 6.42 Å². The summed E-state index contributed by atoms with van der Waals surface area (Å²) < 4.78 is 0. The third-order valence-corrected chi connectivity index (χ3v) is 2.83. The summed E-state index contributed by atoms with van der Waals surface area (Å²) >= 11 is 0. The molecule has 0 aliphatic rings. The maximum atomic E-state index is 5.68. The van der Waals surface area contributed by atoms with Crippen LogP contribution in [-0.4, -0.2) is 0 Å². The molecule has 0 spiro atoms. The van der Waals surface area contributed by atoms with Gasteiger partial charge in [-0.3, -0.25) is 11.3 Å². The van der Waals surface area contributed by atoms with Crippen molar-refractivity contribution in [2.45, 2.75) is 47.1 Å². The first-order valence-corrected chi connectivity index (χ1v) is 5.87. The van der Waals surface area contributed by atoms with Crippen molar-refractivity contribution in [2.24, 2.45) is 11.3 Å². The number of aryl methyl sites for hydroxylation is 2. The van der Waals surface area contributed by atoms with Crippen LogP contribution in [0.1, 0.15) is 49.9 Å². The monoisotopic (exact) mass is 220 g/mol. The molecule has 0 heterocycles. The minimum atomic E-state index is 0.236. The van der Waals surface area contributed by atoms with E-state index < -0.39 is 0 Å². The fraction of sp³-hybridized carbons (Fsp3) is 0.571. The topological polar surface area (TPSA) is 38.0 Å². The van der Waals surface area contributed by atoms with Gasteiger partial charge in [-0.25, -0.2) is 0 Å². The number of nitrogens with two attached hydrogens (primary N) is 1. The van der Waals surface area contributed by atoms with E-state index in [9.17, 15) is 0 Å². The molecule has 1 rings (SSSR count). The summed E-state index contributed by atoms with van der Waals surface area (Å²) in [4.78, 5) is 0. The van der Waals surface area contributed by atoms with Crippen LogP contribution in [0.2, 0.25) is 0 Å². The normalized spacial score (nSPS) is 13.9. The molecule has 16 heavy (non-hydrogen) atoms. The van der Waals surface area contributed by atoms with Crippen molar-refractivity contribution in [3.05, 3.63) is 34.9 Å². The van der Waals surface area contributed by atoms with Gasteiger partial charge in [-0.15, -0.1) is 0 Å². The van der Waals surface area contributed by atoms with E-state index in [1.807, 2.05) is 0 Å². The van der Waals surface area contributed by atoms with Gasteiger partial charge < -0.3 is 0 Å². The van der Waals surface area contributed by atoms with Crippen molar-refractivity contribution in [1.29, 1.82) is 0 Å². The molecule has 2 nitrogen and oxygen atoms in total. The zero-order valence-electron chi connectivity index (χ0n) is 11.1. The van der Waals surface area contributed by atoms with Crippen LogP contribution in [0.25, 0.3) is 0 Å². The molecule has 90 valence electrons. The van der Waals surface area contributed by atoms with Crippen LogP contribution in [0.5, 0.6) is 0 Å². The SMILES string of the molecule is Cc1ccc(C)c(C(CC(C)(C)C)NN)c1. The number of benzene rings is 1. The Morgan fingerprint density at radius 2 is 1.88 bits per heavy atom. The molecular weight excluding hydrogens is 196 g/mol. The van der Waals surface area contributed by atoms with Crippen LogP contribution < -0.4 is 11.3 Å². The van der Waals surface area contributed by atoms with Crippen LogP contribution in [0.15, 0.2) is 18.2 Å². The Morgan fingerprint density at radius 3 is 2.38 bits per heavy atom. The fourth-order valence-corrected chi connectivity index (χ4v) is 2.01. The summed E-state index contributed by atoms with van der Waals surface area (Å²) in [5.41, 5.74) is 7.12. The maximum Gasteiger partial charge on any atom is 0.0467 e. The van der Waals surface area contributed by atoms with E-state index in [1.54, 1.807) is 0 Å². The number of hydrogen-bond donors (Lipinski definition) is 2. The highest BCUT2D eigenvalue weighted by atomic mass is 15.2. The number of rotatable bonds is 3. The molecule has 0 radical (unpaired) electrons. The summed E-state index contributed by atoms with van der Waals surface area (Å²) in [5, 5.41) is 0. The number of hydrogen-bond acceptors (Lipinski definition) is 2. The van der Waals surface area contributed by atoms with Gasteiger partial charge in [-0.05, 0) is 36.8 Å². The molecule has 1 unspecified atom stereocenters. The highest BCUT2D eigenvalue weighted by Crippen LogP contribution is 2.30. The lowest BCUT2D eigenvalue weighted by atomic mass is 9.84. The van der Waals surface area contributed by atoms with Gasteiger partial charge in [0, 0.05) is 6.04 Å². The zero-order chi connectivity index (χ0) is 12.3. The zero-order valence-corrected chi connectivity index (χ0v) is 11.1. The van der Waals surface area contributed by atoms with Crippen LogP contribution in [0.3, 0.4) is 0 Å². The lowest BCUT2D eigenvalue weighted by molar-refractivity contribution is 0.313. The van der Waals surface area contributed by atoms with Crippen LogP contribution >= 0.6 is 0 Å². The molecule has 0 aliphatic heterocycles. The number of nitrogens with one attached hydrogen (secondary N) is 1. The first kappa shape index (κ1) is 13.2. The second-order valence-corrected chi connectivity index (χ2v) is 5.84. The van der Waals surface area contributed by atoms with Gasteiger partial charge in [0.15, 0.2) is 0 Å². The van der Waals surface area contributed by atoms with Crippen molar-refractivity contribution in [1.82, 2.24) is 5.43 Å². The standard InChI is InChI=1S/C14H24N2/c1-10-6-7-11(2)12(8-10)13(16-15)9-14(3,4)5/h6-8,13,16H,9,15H2,1-5H3. The second-order valence-electron chi connectivity index (χ2n) is 5.84. The Hall–Kier alpha value is -0.860. The molecule has 0 amide bonds. The van der Waals surface area contributed by atoms with Gasteiger partial charge in [-0.2, -0.15) is 0 Å². The van der Waals surface area contributed by atoms with Gasteiger partial charge in [0.25, 0.3) is 0 Å². The van der Waals surface area contributed by atoms with Gasteiger partial charge >= 0.3 is 0 Å². The van der Waals surface area contributed by atoms with Gasteiger partial charge in [0.05, 0.1) is 0 Å². The van der Waals surface area contributed by atoms with Crippen molar-refractivity contribution in [3.63, 3.8) is 0 Å². The lowest BCUT2D eigenvalue weighted by Gasteiger charge is -2.27. The summed E-state index contributed by atoms with van der Waals surface area (Å²) in [6.45, 7) is 11.0. The summed E-state index contributed by atoms with van der Waals surface area (Å²) in [5.74, 6) is 5.68. The van der Waals surface area contributed by atoms with E-state index in [-0.39, 0.29) is 11.5 Å². The third kappa shape index (κ3) is 3.62. The highest BCUT2D eigenvalue weighted by molar-refractivity contribution is 5.33. The van der Waals surface area contributed by atoms with Crippen LogP contribution in [0.4, 0.5) is 0 Å². The molecule has 0 bridgehead atoms. The summed E-state index contributed by atoms with van der Waals surface area (Å²) in [6, 6.07) is 6.77. The van der Waals surface area contributed by atoms with Crippen molar-refractivity contribution < 1.29 is 0 Å². The van der Waals surface area contributed by atoms with Crippen molar-refractivity contribution in [2.75, 3.05) is 0 Å². The molecule has 0 aliphatic carbocycles. The Kier molecular flexibility index (Phi) is 4.11. The Labute approximate surface area is 99.2 Å². The van der Waals surface area contributed by atoms with E-state index in [0.29, 0.717) is 0 Å². The lowest BCUT2D eigenvalue weighted by Crippen LogP contribution is -2.31. The minimum absolute atomic E-state index is 0.236. The van der Waals surface area contributed by atoms with Gasteiger partial charge in [0.2, 0.25) is 0 Å². The second kappa shape index (κ2) is 4.98. The fourth-order valence-electron chi connectivity index (χ4n) is 2.01. The van der Waals surface area contributed by atoms with E-state index in [1.165, 1.54) is 16.7 Å². The molecule has 0 fully saturated rings.